The molecular weight excluding hydrogens is 481 g/mol. The van der Waals surface area contributed by atoms with Crippen LogP contribution in [0.2, 0.25) is 0 Å². The van der Waals surface area contributed by atoms with Gasteiger partial charge in [0.1, 0.15) is 0 Å². The van der Waals surface area contributed by atoms with E-state index in [4.69, 9.17) is 19.2 Å². The highest BCUT2D eigenvalue weighted by atomic mass is 127. The van der Waals surface area contributed by atoms with Gasteiger partial charge in [-0.2, -0.15) is 0 Å². The molecule has 0 amide bonds. The summed E-state index contributed by atoms with van der Waals surface area (Å²) in [6.45, 7) is 9.66. The largest absolute Gasteiger partial charge is 0.381 e. The van der Waals surface area contributed by atoms with Crippen LogP contribution < -0.4 is 10.6 Å². The number of halogens is 1. The molecule has 2 fully saturated rings. The zero-order chi connectivity index (χ0) is 19.7. The summed E-state index contributed by atoms with van der Waals surface area (Å²) in [5, 5.41) is 6.74. The summed E-state index contributed by atoms with van der Waals surface area (Å²) in [7, 11) is 0. The molecule has 29 heavy (non-hydrogen) atoms. The molecule has 1 aromatic rings. The van der Waals surface area contributed by atoms with Gasteiger partial charge in [-0.25, -0.2) is 4.99 Å². The van der Waals surface area contributed by atoms with Crippen molar-refractivity contribution in [2.75, 3.05) is 32.9 Å². The lowest BCUT2D eigenvalue weighted by Gasteiger charge is -2.24. The second-order valence-electron chi connectivity index (χ2n) is 7.89. The van der Waals surface area contributed by atoms with Crippen LogP contribution in [0.15, 0.2) is 29.3 Å². The lowest BCUT2D eigenvalue weighted by atomic mass is 10.0. The Morgan fingerprint density at radius 1 is 1.14 bits per heavy atom. The van der Waals surface area contributed by atoms with E-state index in [0.717, 1.165) is 64.6 Å². The Hall–Kier alpha value is -0.900. The molecule has 1 aromatic carbocycles. The van der Waals surface area contributed by atoms with Crippen molar-refractivity contribution in [1.82, 2.24) is 10.6 Å². The van der Waals surface area contributed by atoms with Crippen LogP contribution in [0.5, 0.6) is 0 Å². The van der Waals surface area contributed by atoms with Crippen molar-refractivity contribution >= 4 is 29.9 Å². The third-order valence-corrected chi connectivity index (χ3v) is 5.37. The fourth-order valence-corrected chi connectivity index (χ4v) is 3.56. The topological polar surface area (TPSA) is 64.1 Å². The SMILES string of the molecule is CCNC(=NCc1ccc(COC2CCOCC2)cc1)NCC1(C)CCCO1.I. The Balaban J connectivity index is 0.00000300. The number of hydrogen-bond donors (Lipinski definition) is 2. The summed E-state index contributed by atoms with van der Waals surface area (Å²) in [4.78, 5) is 4.72. The zero-order valence-electron chi connectivity index (χ0n) is 17.7. The Kier molecular flexibility index (Phi) is 10.7. The van der Waals surface area contributed by atoms with Crippen LogP contribution >= 0.6 is 24.0 Å². The van der Waals surface area contributed by atoms with E-state index in [1.54, 1.807) is 0 Å². The minimum absolute atomic E-state index is 0. The highest BCUT2D eigenvalue weighted by molar-refractivity contribution is 14.0. The summed E-state index contributed by atoms with van der Waals surface area (Å²) < 4.78 is 17.2. The van der Waals surface area contributed by atoms with Crippen LogP contribution in [0.4, 0.5) is 0 Å². The molecule has 1 unspecified atom stereocenters. The van der Waals surface area contributed by atoms with E-state index in [2.05, 4.69) is 48.7 Å². The fraction of sp³-hybridized carbons (Fsp3) is 0.682. The molecule has 0 aromatic heterocycles. The van der Waals surface area contributed by atoms with Gasteiger partial charge in [-0.15, -0.1) is 24.0 Å². The predicted octanol–water partition coefficient (Wildman–Crippen LogP) is 3.62. The van der Waals surface area contributed by atoms with Gasteiger partial charge in [0.25, 0.3) is 0 Å². The lowest BCUT2D eigenvalue weighted by molar-refractivity contribution is -0.0390. The maximum atomic E-state index is 5.99. The molecule has 0 radical (unpaired) electrons. The van der Waals surface area contributed by atoms with Gasteiger partial charge in [-0.1, -0.05) is 24.3 Å². The molecule has 7 heteroatoms. The number of hydrogen-bond acceptors (Lipinski definition) is 4. The number of nitrogens with one attached hydrogen (secondary N) is 2. The number of benzene rings is 1. The van der Waals surface area contributed by atoms with Gasteiger partial charge in [-0.05, 0) is 50.7 Å². The maximum Gasteiger partial charge on any atom is 0.191 e. The van der Waals surface area contributed by atoms with Gasteiger partial charge in [0, 0.05) is 32.9 Å². The monoisotopic (exact) mass is 517 g/mol. The molecule has 2 N–H and O–H groups in total. The first-order valence-electron chi connectivity index (χ1n) is 10.6. The van der Waals surface area contributed by atoms with Crippen LogP contribution in [0.1, 0.15) is 50.7 Å². The number of guanidine groups is 1. The Bertz CT molecular complexity index is 612. The molecule has 0 aliphatic carbocycles. The maximum absolute atomic E-state index is 5.99. The van der Waals surface area contributed by atoms with Gasteiger partial charge in [-0.3, -0.25) is 0 Å². The fourth-order valence-electron chi connectivity index (χ4n) is 3.56. The van der Waals surface area contributed by atoms with Gasteiger partial charge in [0.05, 0.1) is 24.9 Å². The molecule has 2 heterocycles. The van der Waals surface area contributed by atoms with Crippen molar-refractivity contribution in [2.24, 2.45) is 4.99 Å². The molecule has 0 bridgehead atoms. The summed E-state index contributed by atoms with van der Waals surface area (Å²) in [5.41, 5.74) is 2.31. The predicted molar refractivity (Wildman–Crippen MR) is 127 cm³/mol. The third kappa shape index (κ3) is 8.39. The van der Waals surface area contributed by atoms with Crippen LogP contribution in [0.3, 0.4) is 0 Å². The van der Waals surface area contributed by atoms with Crippen LogP contribution in [-0.4, -0.2) is 50.6 Å². The molecule has 3 rings (SSSR count). The van der Waals surface area contributed by atoms with Crippen molar-refractivity contribution in [3.8, 4) is 0 Å². The van der Waals surface area contributed by atoms with E-state index >= 15 is 0 Å². The average Bonchev–Trinajstić information content (AvgIpc) is 3.17. The zero-order valence-corrected chi connectivity index (χ0v) is 20.1. The molecule has 2 aliphatic heterocycles. The van der Waals surface area contributed by atoms with E-state index in [9.17, 15) is 0 Å². The van der Waals surface area contributed by atoms with Crippen molar-refractivity contribution in [3.63, 3.8) is 0 Å². The molecule has 0 saturated carbocycles. The second-order valence-corrected chi connectivity index (χ2v) is 7.89. The Morgan fingerprint density at radius 2 is 1.86 bits per heavy atom. The van der Waals surface area contributed by atoms with Gasteiger partial charge >= 0.3 is 0 Å². The lowest BCUT2D eigenvalue weighted by Crippen LogP contribution is -2.45. The van der Waals surface area contributed by atoms with E-state index in [-0.39, 0.29) is 29.6 Å². The van der Waals surface area contributed by atoms with Gasteiger partial charge in [0.2, 0.25) is 0 Å². The second kappa shape index (κ2) is 12.7. The minimum Gasteiger partial charge on any atom is -0.381 e. The third-order valence-electron chi connectivity index (χ3n) is 5.37. The molecule has 164 valence electrons. The van der Waals surface area contributed by atoms with Gasteiger partial charge in [0.15, 0.2) is 5.96 Å². The van der Waals surface area contributed by atoms with E-state index in [0.29, 0.717) is 19.3 Å². The quantitative estimate of drug-likeness (QED) is 0.314. The molecule has 0 spiro atoms. The minimum atomic E-state index is -0.0811. The first-order chi connectivity index (χ1) is 13.7. The van der Waals surface area contributed by atoms with Gasteiger partial charge < -0.3 is 24.8 Å². The summed E-state index contributed by atoms with van der Waals surface area (Å²) in [5.74, 6) is 0.839. The molecule has 6 nitrogen and oxygen atoms in total. The van der Waals surface area contributed by atoms with E-state index in [1.807, 2.05) is 0 Å². The first kappa shape index (κ1) is 24.4. The number of aliphatic imine (C=N–C) groups is 1. The Labute approximate surface area is 192 Å². The highest BCUT2D eigenvalue weighted by Gasteiger charge is 2.29. The molecule has 2 aliphatic rings. The number of nitrogens with zero attached hydrogens (tertiary/aromatic N) is 1. The van der Waals surface area contributed by atoms with E-state index in [1.165, 1.54) is 11.1 Å². The van der Waals surface area contributed by atoms with Crippen molar-refractivity contribution in [2.45, 2.75) is 64.4 Å². The summed E-state index contributed by atoms with van der Waals surface area (Å²) in [6, 6.07) is 8.55. The molecule has 1 atom stereocenters. The molecular formula is C22H36IN3O3. The van der Waals surface area contributed by atoms with E-state index < -0.39 is 0 Å². The highest BCUT2D eigenvalue weighted by Crippen LogP contribution is 2.23. The first-order valence-corrected chi connectivity index (χ1v) is 10.6. The normalized spacial score (nSPS) is 22.9. The smallest absolute Gasteiger partial charge is 0.191 e. The van der Waals surface area contributed by atoms with Crippen molar-refractivity contribution < 1.29 is 14.2 Å². The van der Waals surface area contributed by atoms with Crippen LogP contribution in [0, 0.1) is 0 Å². The summed E-state index contributed by atoms with van der Waals surface area (Å²) >= 11 is 0. The van der Waals surface area contributed by atoms with Crippen LogP contribution in [0.25, 0.3) is 0 Å². The van der Waals surface area contributed by atoms with Crippen molar-refractivity contribution in [3.05, 3.63) is 35.4 Å². The van der Waals surface area contributed by atoms with Crippen molar-refractivity contribution in [1.29, 1.82) is 0 Å². The van der Waals surface area contributed by atoms with Crippen LogP contribution in [-0.2, 0) is 27.4 Å². The Morgan fingerprint density at radius 3 is 2.52 bits per heavy atom. The average molecular weight is 517 g/mol. The standard InChI is InChI=1S/C22H35N3O3.HI/c1-3-23-21(25-17-22(2)11-4-12-28-22)24-15-18-5-7-19(8-6-18)16-27-20-9-13-26-14-10-20;/h5-8,20H,3-4,9-17H2,1-2H3,(H2,23,24,25);1H. The molecule has 2 saturated heterocycles. The number of rotatable bonds is 8. The number of ether oxygens (including phenoxy) is 3. The summed E-state index contributed by atoms with van der Waals surface area (Å²) in [6.07, 6.45) is 4.55.